The summed E-state index contributed by atoms with van der Waals surface area (Å²) in [6, 6.07) is 0. The molecule has 0 unspecified atom stereocenters. The van der Waals surface area contributed by atoms with Crippen molar-refractivity contribution in [2.24, 2.45) is 0 Å². The number of aromatic nitrogens is 4. The predicted octanol–water partition coefficient (Wildman–Crippen LogP) is -3.37. The van der Waals surface area contributed by atoms with Gasteiger partial charge in [-0.3, -0.25) is 14.3 Å². The number of H-pyrrole nitrogens is 1. The lowest BCUT2D eigenvalue weighted by Crippen LogP contribution is -2.45. The van der Waals surface area contributed by atoms with Crippen molar-refractivity contribution in [3.63, 3.8) is 0 Å². The number of aliphatic hydroxyl groups is 3. The van der Waals surface area contributed by atoms with Gasteiger partial charge in [-0.25, -0.2) is 9.78 Å². The third-order valence-electron chi connectivity index (χ3n) is 4.36. The third-order valence-corrected chi connectivity index (χ3v) is 4.36. The summed E-state index contributed by atoms with van der Waals surface area (Å²) in [7, 11) is 5.84. The molecule has 0 amide bonds. The summed E-state index contributed by atoms with van der Waals surface area (Å²) < 4.78 is 7.84. The topological polar surface area (TPSA) is 152 Å². The number of rotatable bonds is 6. The van der Waals surface area contributed by atoms with Crippen LogP contribution in [0.2, 0.25) is 0 Å². The maximum absolute atomic E-state index is 12.5. The maximum Gasteiger partial charge on any atom is 0.363 e. The summed E-state index contributed by atoms with van der Waals surface area (Å²) in [4.78, 5) is 36.6. The number of aliphatic hydroxyl groups excluding tert-OH is 3. The smallest absolute Gasteiger partial charge is 0.363 e. The highest BCUT2D eigenvalue weighted by atomic mass is 16.7. The van der Waals surface area contributed by atoms with Crippen LogP contribution in [0.1, 0.15) is 6.23 Å². The van der Waals surface area contributed by atoms with E-state index in [1.165, 1.54) is 10.9 Å². The van der Waals surface area contributed by atoms with E-state index in [0.717, 1.165) is 0 Å². The molecule has 0 saturated carbocycles. The predicted molar refractivity (Wildman–Crippen MR) is 92.0 cm³/mol. The number of nitrogens with one attached hydrogen (secondary N) is 1. The lowest BCUT2D eigenvalue weighted by Gasteiger charge is -2.23. The first-order valence-corrected chi connectivity index (χ1v) is 8.42. The van der Waals surface area contributed by atoms with Crippen molar-refractivity contribution in [2.75, 3.05) is 40.9 Å². The van der Waals surface area contributed by atoms with Crippen LogP contribution in [0.3, 0.4) is 0 Å². The second-order valence-corrected chi connectivity index (χ2v) is 7.45. The maximum atomic E-state index is 12.5. The van der Waals surface area contributed by atoms with Crippen molar-refractivity contribution >= 4 is 11.2 Å². The van der Waals surface area contributed by atoms with E-state index in [1.807, 2.05) is 21.1 Å². The van der Waals surface area contributed by atoms with Gasteiger partial charge in [0.15, 0.2) is 18.4 Å². The molecule has 27 heavy (non-hydrogen) atoms. The Balaban J connectivity index is 1.94. The van der Waals surface area contributed by atoms with Crippen LogP contribution in [0.15, 0.2) is 15.9 Å². The molecule has 0 bridgehead atoms. The third kappa shape index (κ3) is 3.61. The SMILES string of the molecule is C[N+](C)(C)CCOn1c(=O)[nH]c2c(ncn2[C@@H]2O[C@H](CO)[C@@H](O)[C@H]2O)c1=O. The van der Waals surface area contributed by atoms with Gasteiger partial charge in [0.25, 0.3) is 0 Å². The minimum absolute atomic E-state index is 0.0197. The van der Waals surface area contributed by atoms with E-state index in [4.69, 9.17) is 9.57 Å². The zero-order valence-corrected chi connectivity index (χ0v) is 15.3. The fourth-order valence-corrected chi connectivity index (χ4v) is 2.81. The average Bonchev–Trinajstić information content (AvgIpc) is 3.12. The fraction of sp³-hybridized carbons (Fsp3) is 0.667. The van der Waals surface area contributed by atoms with Gasteiger partial charge in [0.05, 0.1) is 34.1 Å². The fourth-order valence-electron chi connectivity index (χ4n) is 2.81. The Hall–Kier alpha value is -2.25. The van der Waals surface area contributed by atoms with Crippen molar-refractivity contribution in [1.82, 2.24) is 19.3 Å². The quantitative estimate of drug-likeness (QED) is 0.376. The van der Waals surface area contributed by atoms with Gasteiger partial charge in [-0.05, 0) is 0 Å². The van der Waals surface area contributed by atoms with E-state index < -0.39 is 42.4 Å². The number of nitrogens with zero attached hydrogens (tertiary/aromatic N) is 4. The van der Waals surface area contributed by atoms with E-state index in [2.05, 4.69) is 9.97 Å². The molecule has 4 N–H and O–H groups in total. The summed E-state index contributed by atoms with van der Waals surface area (Å²) in [5.74, 6) is 0. The first-order valence-electron chi connectivity index (χ1n) is 8.42. The van der Waals surface area contributed by atoms with E-state index in [9.17, 15) is 24.9 Å². The molecule has 0 spiro atoms. The van der Waals surface area contributed by atoms with Crippen LogP contribution in [-0.2, 0) is 4.74 Å². The lowest BCUT2D eigenvalue weighted by atomic mass is 10.1. The summed E-state index contributed by atoms with van der Waals surface area (Å²) in [6.45, 7) is 0.221. The Kier molecular flexibility index (Phi) is 5.10. The molecular formula is C15H24N5O7+. The molecule has 0 radical (unpaired) electrons. The molecule has 12 heteroatoms. The number of ether oxygens (including phenoxy) is 1. The summed E-state index contributed by atoms with van der Waals surface area (Å²) in [6.07, 6.45) is -3.59. The molecule has 1 fully saturated rings. The highest BCUT2D eigenvalue weighted by Gasteiger charge is 2.44. The standard InChI is InChI=1S/C15H23N5O7/c1-20(2,3)4-5-26-19-13(24)9-12(17-15(19)25)18(7-16-9)14-11(23)10(22)8(6-21)27-14/h7-8,10-11,14,21-23H,4-6H2,1-3H3/p+1/t8-,10-,11-,14-/m1/s1. The Morgan fingerprint density at radius 2 is 2.00 bits per heavy atom. The molecule has 2 aromatic rings. The van der Waals surface area contributed by atoms with Gasteiger partial charge in [0.2, 0.25) is 0 Å². The Morgan fingerprint density at radius 1 is 1.30 bits per heavy atom. The number of imidazole rings is 1. The van der Waals surface area contributed by atoms with Crippen LogP contribution in [0, 0.1) is 0 Å². The van der Waals surface area contributed by atoms with Gasteiger partial charge in [-0.15, -0.1) is 0 Å². The van der Waals surface area contributed by atoms with Crippen molar-refractivity contribution in [3.05, 3.63) is 27.2 Å². The minimum atomic E-state index is -1.37. The van der Waals surface area contributed by atoms with Gasteiger partial charge in [-0.1, -0.05) is 4.73 Å². The van der Waals surface area contributed by atoms with Crippen LogP contribution >= 0.6 is 0 Å². The van der Waals surface area contributed by atoms with Crippen LogP contribution in [0.25, 0.3) is 11.2 Å². The van der Waals surface area contributed by atoms with Crippen LogP contribution in [0.4, 0.5) is 0 Å². The molecule has 2 aromatic heterocycles. The average molecular weight is 386 g/mol. The molecule has 3 heterocycles. The Labute approximate surface area is 153 Å². The van der Waals surface area contributed by atoms with Gasteiger partial charge in [0, 0.05) is 0 Å². The molecule has 1 saturated heterocycles. The van der Waals surface area contributed by atoms with Crippen LogP contribution in [-0.4, -0.2) is 98.3 Å². The van der Waals surface area contributed by atoms with Crippen molar-refractivity contribution in [3.8, 4) is 0 Å². The van der Waals surface area contributed by atoms with E-state index in [1.54, 1.807) is 0 Å². The van der Waals surface area contributed by atoms with Gasteiger partial charge < -0.3 is 29.4 Å². The van der Waals surface area contributed by atoms with Gasteiger partial charge in [-0.2, -0.15) is 0 Å². The number of likely N-dealkylation sites (N-methyl/N-ethyl adjacent to an activating group) is 1. The molecule has 1 aliphatic heterocycles. The number of fused-ring (bicyclic) bond motifs is 1. The molecule has 0 aliphatic carbocycles. The van der Waals surface area contributed by atoms with E-state index >= 15 is 0 Å². The summed E-state index contributed by atoms with van der Waals surface area (Å²) in [5, 5.41) is 29.2. The second-order valence-electron chi connectivity index (χ2n) is 7.45. The molecule has 1 aliphatic rings. The van der Waals surface area contributed by atoms with E-state index in [-0.39, 0.29) is 17.8 Å². The Morgan fingerprint density at radius 3 is 2.59 bits per heavy atom. The molecule has 4 atom stereocenters. The summed E-state index contributed by atoms with van der Waals surface area (Å²) >= 11 is 0. The number of hydrogen-bond donors (Lipinski definition) is 4. The highest BCUT2D eigenvalue weighted by Crippen LogP contribution is 2.30. The monoisotopic (exact) mass is 386 g/mol. The van der Waals surface area contributed by atoms with E-state index in [0.29, 0.717) is 15.8 Å². The largest absolute Gasteiger partial charge is 0.400 e. The number of aromatic amines is 1. The zero-order valence-electron chi connectivity index (χ0n) is 15.3. The molecule has 12 nitrogen and oxygen atoms in total. The van der Waals surface area contributed by atoms with Crippen LogP contribution in [0.5, 0.6) is 0 Å². The highest BCUT2D eigenvalue weighted by molar-refractivity contribution is 5.69. The lowest BCUT2D eigenvalue weighted by molar-refractivity contribution is -0.870. The minimum Gasteiger partial charge on any atom is -0.400 e. The van der Waals surface area contributed by atoms with Gasteiger partial charge >= 0.3 is 11.2 Å². The molecule has 150 valence electrons. The number of hydrogen-bond acceptors (Lipinski definition) is 8. The summed E-state index contributed by atoms with van der Waals surface area (Å²) in [5.41, 5.74) is -1.62. The normalized spacial score (nSPS) is 26.0. The van der Waals surface area contributed by atoms with Gasteiger partial charge in [0.1, 0.15) is 30.5 Å². The first-order chi connectivity index (χ1) is 12.6. The number of quaternary nitrogens is 1. The Bertz CT molecular complexity index is 927. The van der Waals surface area contributed by atoms with Crippen molar-refractivity contribution in [2.45, 2.75) is 24.5 Å². The molecule has 0 aromatic carbocycles. The molecule has 3 rings (SSSR count). The van der Waals surface area contributed by atoms with Crippen molar-refractivity contribution < 1.29 is 29.4 Å². The first kappa shape index (κ1) is 19.5. The molecular weight excluding hydrogens is 362 g/mol. The second kappa shape index (κ2) is 7.05. The zero-order chi connectivity index (χ0) is 19.9. The van der Waals surface area contributed by atoms with Crippen molar-refractivity contribution in [1.29, 1.82) is 0 Å². The van der Waals surface area contributed by atoms with Crippen LogP contribution < -0.4 is 16.1 Å².